The lowest BCUT2D eigenvalue weighted by Crippen LogP contribution is -2.28. The highest BCUT2D eigenvalue weighted by atomic mass is 32.2. The molecule has 0 N–H and O–H groups in total. The fraction of sp³-hybridized carbons (Fsp3) is 0.500. The molecule has 1 aromatic carbocycles. The average Bonchev–Trinajstić information content (AvgIpc) is 3.43. The molecule has 0 saturated carbocycles. The van der Waals surface area contributed by atoms with Gasteiger partial charge in [-0.15, -0.1) is 0 Å². The van der Waals surface area contributed by atoms with E-state index in [9.17, 15) is 13.2 Å². The van der Waals surface area contributed by atoms with E-state index < -0.39 is 10.0 Å². The summed E-state index contributed by atoms with van der Waals surface area (Å²) in [4.78, 5) is 18.5. The largest absolute Gasteiger partial charge is 0.334 e. The maximum Gasteiger partial charge on any atom is 0.316 e. The molecule has 2 fully saturated rings. The molecule has 0 radical (unpaired) electrons. The third kappa shape index (κ3) is 3.37. The monoisotopic (exact) mass is 390 g/mol. The Morgan fingerprint density at radius 3 is 2.44 bits per heavy atom. The zero-order valence-corrected chi connectivity index (χ0v) is 16.0. The zero-order chi connectivity index (χ0) is 19.0. The number of benzene rings is 1. The Kier molecular flexibility index (Phi) is 4.73. The number of likely N-dealkylation sites (tertiary alicyclic amines) is 1. The molecule has 1 aromatic heterocycles. The first-order valence-corrected chi connectivity index (χ1v) is 10.6. The van der Waals surface area contributed by atoms with Crippen LogP contribution < -0.4 is 0 Å². The summed E-state index contributed by atoms with van der Waals surface area (Å²) in [6.45, 7) is 4.25. The van der Waals surface area contributed by atoms with Crippen LogP contribution in [0.5, 0.6) is 0 Å². The molecular formula is C18H22N4O4S. The van der Waals surface area contributed by atoms with Crippen LogP contribution in [0.15, 0.2) is 27.6 Å². The van der Waals surface area contributed by atoms with Crippen LogP contribution in [0, 0.1) is 6.92 Å². The summed E-state index contributed by atoms with van der Waals surface area (Å²) >= 11 is 0. The van der Waals surface area contributed by atoms with Gasteiger partial charge in [-0.05, 0) is 44.2 Å². The van der Waals surface area contributed by atoms with Gasteiger partial charge in [0.05, 0.1) is 4.90 Å². The minimum absolute atomic E-state index is 0.0589. The molecule has 0 bridgehead atoms. The number of aryl methyl sites for hydroxylation is 1. The summed E-state index contributed by atoms with van der Waals surface area (Å²) in [5.74, 6) is -0.116. The number of carbonyl (C=O) groups excluding carboxylic acids is 1. The van der Waals surface area contributed by atoms with Crippen LogP contribution >= 0.6 is 0 Å². The smallest absolute Gasteiger partial charge is 0.316 e. The van der Waals surface area contributed by atoms with Gasteiger partial charge < -0.3 is 9.42 Å². The minimum atomic E-state index is -3.55. The van der Waals surface area contributed by atoms with Crippen molar-refractivity contribution < 1.29 is 17.7 Å². The molecule has 9 heteroatoms. The standard InChI is InChI=1S/C18H22N4O4S/c1-13-6-7-14(12-15(13)27(24,25)22-10-4-5-11-22)16-19-17(26-20-16)18(23)21-8-2-3-9-21/h6-7,12H,2-5,8-11H2,1H3. The van der Waals surface area contributed by atoms with E-state index in [1.54, 1.807) is 30.0 Å². The third-order valence-electron chi connectivity index (χ3n) is 5.13. The van der Waals surface area contributed by atoms with Crippen LogP contribution in [-0.4, -0.2) is 59.8 Å². The van der Waals surface area contributed by atoms with Crippen molar-refractivity contribution >= 4 is 15.9 Å². The third-order valence-corrected chi connectivity index (χ3v) is 7.17. The molecule has 0 aliphatic carbocycles. The lowest BCUT2D eigenvalue weighted by atomic mass is 10.1. The number of hydrogen-bond acceptors (Lipinski definition) is 6. The van der Waals surface area contributed by atoms with Crippen molar-refractivity contribution in [3.63, 3.8) is 0 Å². The van der Waals surface area contributed by atoms with Gasteiger partial charge in [0.15, 0.2) is 0 Å². The summed E-state index contributed by atoms with van der Waals surface area (Å²) < 4.78 is 32.5. The number of hydrogen-bond donors (Lipinski definition) is 0. The Balaban J connectivity index is 1.64. The molecule has 1 amide bonds. The van der Waals surface area contributed by atoms with E-state index in [0.29, 0.717) is 37.3 Å². The van der Waals surface area contributed by atoms with Crippen LogP contribution in [-0.2, 0) is 10.0 Å². The lowest BCUT2D eigenvalue weighted by molar-refractivity contribution is 0.0743. The lowest BCUT2D eigenvalue weighted by Gasteiger charge is -2.17. The Bertz CT molecular complexity index is 957. The van der Waals surface area contributed by atoms with Crippen LogP contribution in [0.4, 0.5) is 0 Å². The van der Waals surface area contributed by atoms with Crippen LogP contribution in [0.3, 0.4) is 0 Å². The first-order chi connectivity index (χ1) is 13.0. The second kappa shape index (κ2) is 7.05. The summed E-state index contributed by atoms with van der Waals surface area (Å²) in [5, 5.41) is 3.89. The minimum Gasteiger partial charge on any atom is -0.334 e. The predicted molar refractivity (Wildman–Crippen MR) is 97.6 cm³/mol. The fourth-order valence-corrected chi connectivity index (χ4v) is 5.34. The summed E-state index contributed by atoms with van der Waals surface area (Å²) in [7, 11) is -3.55. The molecule has 0 atom stereocenters. The Hall–Kier alpha value is -2.26. The van der Waals surface area contributed by atoms with Crippen molar-refractivity contribution in [1.29, 1.82) is 0 Å². The SMILES string of the molecule is Cc1ccc(-c2noc(C(=O)N3CCCC3)n2)cc1S(=O)(=O)N1CCCC1. The van der Waals surface area contributed by atoms with Gasteiger partial charge in [0.1, 0.15) is 0 Å². The highest BCUT2D eigenvalue weighted by Crippen LogP contribution is 2.28. The Morgan fingerprint density at radius 1 is 1.07 bits per heavy atom. The second-order valence-corrected chi connectivity index (χ2v) is 8.92. The molecule has 2 aliphatic rings. The van der Waals surface area contributed by atoms with Crippen molar-refractivity contribution in [2.75, 3.05) is 26.2 Å². The Labute approximate surface area is 158 Å². The van der Waals surface area contributed by atoms with E-state index in [1.165, 1.54) is 4.31 Å². The van der Waals surface area contributed by atoms with E-state index in [1.807, 2.05) is 0 Å². The van der Waals surface area contributed by atoms with E-state index in [-0.39, 0.29) is 22.5 Å². The summed E-state index contributed by atoms with van der Waals surface area (Å²) in [5.41, 5.74) is 1.19. The van der Waals surface area contributed by atoms with Gasteiger partial charge in [-0.3, -0.25) is 4.79 Å². The van der Waals surface area contributed by atoms with Gasteiger partial charge in [-0.25, -0.2) is 8.42 Å². The van der Waals surface area contributed by atoms with Gasteiger partial charge in [-0.1, -0.05) is 17.3 Å². The van der Waals surface area contributed by atoms with Crippen molar-refractivity contribution in [2.24, 2.45) is 0 Å². The van der Waals surface area contributed by atoms with Crippen molar-refractivity contribution in [3.8, 4) is 11.4 Å². The van der Waals surface area contributed by atoms with E-state index in [4.69, 9.17) is 4.52 Å². The van der Waals surface area contributed by atoms with Gasteiger partial charge >= 0.3 is 11.8 Å². The molecule has 2 aromatic rings. The molecule has 4 rings (SSSR count). The van der Waals surface area contributed by atoms with Crippen molar-refractivity contribution in [1.82, 2.24) is 19.3 Å². The average molecular weight is 390 g/mol. The second-order valence-electron chi connectivity index (χ2n) is 7.01. The van der Waals surface area contributed by atoms with Crippen LogP contribution in [0.1, 0.15) is 41.9 Å². The number of nitrogens with zero attached hydrogens (tertiary/aromatic N) is 4. The fourth-order valence-electron chi connectivity index (χ4n) is 3.57. The summed E-state index contributed by atoms with van der Waals surface area (Å²) in [6, 6.07) is 5.04. The first-order valence-electron chi connectivity index (χ1n) is 9.21. The molecule has 3 heterocycles. The molecule has 27 heavy (non-hydrogen) atoms. The van der Waals surface area contributed by atoms with Crippen molar-refractivity contribution in [2.45, 2.75) is 37.5 Å². The van der Waals surface area contributed by atoms with Gasteiger partial charge in [0.2, 0.25) is 15.8 Å². The van der Waals surface area contributed by atoms with Crippen LogP contribution in [0.2, 0.25) is 0 Å². The maximum atomic E-state index is 12.9. The normalized spacial score (nSPS) is 18.3. The Morgan fingerprint density at radius 2 is 1.74 bits per heavy atom. The first kappa shape index (κ1) is 18.1. The topological polar surface area (TPSA) is 96.6 Å². The molecule has 2 saturated heterocycles. The number of sulfonamides is 1. The summed E-state index contributed by atoms with van der Waals surface area (Å²) in [6.07, 6.45) is 3.71. The highest BCUT2D eigenvalue weighted by molar-refractivity contribution is 7.89. The zero-order valence-electron chi connectivity index (χ0n) is 15.2. The van der Waals surface area contributed by atoms with E-state index in [0.717, 1.165) is 25.7 Å². The highest BCUT2D eigenvalue weighted by Gasteiger charge is 2.30. The number of amides is 1. The van der Waals surface area contributed by atoms with Crippen LogP contribution in [0.25, 0.3) is 11.4 Å². The van der Waals surface area contributed by atoms with Gasteiger partial charge in [-0.2, -0.15) is 9.29 Å². The van der Waals surface area contributed by atoms with Crippen molar-refractivity contribution in [3.05, 3.63) is 29.7 Å². The molecular weight excluding hydrogens is 368 g/mol. The molecule has 2 aliphatic heterocycles. The quantitative estimate of drug-likeness (QED) is 0.793. The maximum absolute atomic E-state index is 12.9. The molecule has 0 spiro atoms. The molecule has 0 unspecified atom stereocenters. The van der Waals surface area contributed by atoms with Gasteiger partial charge in [0, 0.05) is 31.7 Å². The predicted octanol–water partition coefficient (Wildman–Crippen LogP) is 2.07. The molecule has 144 valence electrons. The number of rotatable bonds is 4. The van der Waals surface area contributed by atoms with Gasteiger partial charge in [0.25, 0.3) is 0 Å². The number of carbonyl (C=O) groups is 1. The van der Waals surface area contributed by atoms with E-state index in [2.05, 4.69) is 10.1 Å². The number of aromatic nitrogens is 2. The molecule has 8 nitrogen and oxygen atoms in total. The van der Waals surface area contributed by atoms with E-state index >= 15 is 0 Å².